The molecule has 0 radical (unpaired) electrons. The minimum atomic E-state index is -3.96. The molecule has 0 aliphatic rings. The number of rotatable bonds is 10. The molecule has 9 nitrogen and oxygen atoms in total. The fourth-order valence-corrected chi connectivity index (χ4v) is 3.85. The third kappa shape index (κ3) is 6.12. The van der Waals surface area contributed by atoms with Crippen molar-refractivity contribution in [1.82, 2.24) is 15.6 Å². The Bertz CT molecular complexity index is 982. The molecule has 0 saturated carbocycles. The Morgan fingerprint density at radius 2 is 1.50 bits per heavy atom. The topological polar surface area (TPSA) is 107 Å². The van der Waals surface area contributed by atoms with E-state index in [1.807, 2.05) is 18.2 Å². The number of hydrogen-bond acceptors (Lipinski definition) is 7. The van der Waals surface area contributed by atoms with E-state index in [1.54, 1.807) is 20.3 Å². The summed E-state index contributed by atoms with van der Waals surface area (Å²) in [5, 5.41) is 3.05. The van der Waals surface area contributed by atoms with E-state index in [0.717, 1.165) is 11.3 Å². The van der Waals surface area contributed by atoms with Crippen molar-refractivity contribution >= 4 is 27.4 Å². The van der Waals surface area contributed by atoms with Crippen LogP contribution in [0.4, 0.5) is 0 Å². The van der Waals surface area contributed by atoms with Crippen molar-refractivity contribution in [2.45, 2.75) is 11.3 Å². The van der Waals surface area contributed by atoms with Gasteiger partial charge in [-0.25, -0.2) is 8.42 Å². The molecular weight excluding hydrogens is 430 g/mol. The van der Waals surface area contributed by atoms with Crippen LogP contribution in [-0.2, 0) is 16.4 Å². The van der Waals surface area contributed by atoms with Crippen LogP contribution in [0.15, 0.2) is 41.3 Å². The molecule has 0 aromatic heterocycles. The van der Waals surface area contributed by atoms with Crippen LogP contribution < -0.4 is 34.5 Å². The van der Waals surface area contributed by atoms with E-state index in [9.17, 15) is 8.42 Å². The van der Waals surface area contributed by atoms with Crippen molar-refractivity contribution in [1.29, 1.82) is 0 Å². The van der Waals surface area contributed by atoms with Crippen LogP contribution in [0, 0.1) is 0 Å². The van der Waals surface area contributed by atoms with Crippen molar-refractivity contribution in [2.24, 2.45) is 0 Å². The van der Waals surface area contributed by atoms with Gasteiger partial charge in [-0.05, 0) is 54.5 Å². The van der Waals surface area contributed by atoms with Gasteiger partial charge in [-0.2, -0.15) is 0 Å². The van der Waals surface area contributed by atoms with Gasteiger partial charge in [0.2, 0.25) is 0 Å². The first-order chi connectivity index (χ1) is 14.3. The lowest BCUT2D eigenvalue weighted by Gasteiger charge is -2.15. The highest BCUT2D eigenvalue weighted by Crippen LogP contribution is 2.27. The SMILES string of the molecule is COc1ccc(OC)c(CCNC(=S)NNS(=O)(=O)c2cc(OC)ccc2OC)c1. The number of thiocarbonyl (C=S) groups is 1. The van der Waals surface area contributed by atoms with Crippen LogP contribution in [0.3, 0.4) is 0 Å². The molecule has 0 bridgehead atoms. The van der Waals surface area contributed by atoms with Gasteiger partial charge in [0, 0.05) is 12.6 Å². The van der Waals surface area contributed by atoms with E-state index in [-0.39, 0.29) is 15.8 Å². The molecule has 0 fully saturated rings. The number of hydrogen-bond donors (Lipinski definition) is 3. The Labute approximate surface area is 181 Å². The zero-order chi connectivity index (χ0) is 22.1. The lowest BCUT2D eigenvalue weighted by atomic mass is 10.1. The first-order valence-electron chi connectivity index (χ1n) is 8.83. The Morgan fingerprint density at radius 3 is 2.10 bits per heavy atom. The Balaban J connectivity index is 1.95. The van der Waals surface area contributed by atoms with Crippen molar-refractivity contribution in [2.75, 3.05) is 35.0 Å². The summed E-state index contributed by atoms with van der Waals surface area (Å²) in [7, 11) is 2.05. The molecule has 2 aromatic rings. The zero-order valence-corrected chi connectivity index (χ0v) is 18.8. The fourth-order valence-electron chi connectivity index (χ4n) is 2.59. The molecule has 30 heavy (non-hydrogen) atoms. The second-order valence-electron chi connectivity index (χ2n) is 5.93. The number of hydrazine groups is 1. The molecule has 0 atom stereocenters. The van der Waals surface area contributed by atoms with Crippen LogP contribution in [-0.4, -0.2) is 48.5 Å². The largest absolute Gasteiger partial charge is 0.497 e. The Kier molecular flexibility index (Phi) is 8.51. The molecule has 3 N–H and O–H groups in total. The summed E-state index contributed by atoms with van der Waals surface area (Å²) in [4.78, 5) is 2.15. The molecular formula is C19H25N3O6S2. The van der Waals surface area contributed by atoms with Crippen LogP contribution in [0.1, 0.15) is 5.56 Å². The van der Waals surface area contributed by atoms with Gasteiger partial charge in [0.25, 0.3) is 10.0 Å². The fraction of sp³-hybridized carbons (Fsp3) is 0.316. The molecule has 0 spiro atoms. The van der Waals surface area contributed by atoms with E-state index < -0.39 is 10.0 Å². The van der Waals surface area contributed by atoms with Crippen molar-refractivity contribution in [3.05, 3.63) is 42.0 Å². The van der Waals surface area contributed by atoms with Crippen LogP contribution in [0.5, 0.6) is 23.0 Å². The first-order valence-corrected chi connectivity index (χ1v) is 10.7. The van der Waals surface area contributed by atoms with Gasteiger partial charge in [-0.3, -0.25) is 5.43 Å². The molecule has 0 unspecified atom stereocenters. The minimum absolute atomic E-state index is 0.0826. The van der Waals surface area contributed by atoms with Gasteiger partial charge < -0.3 is 24.3 Å². The van der Waals surface area contributed by atoms with Gasteiger partial charge in [-0.1, -0.05) is 0 Å². The summed E-state index contributed by atoms with van der Waals surface area (Å²) < 4.78 is 46.0. The summed E-state index contributed by atoms with van der Waals surface area (Å²) >= 11 is 5.15. The number of sulfonamides is 1. The maximum Gasteiger partial charge on any atom is 0.261 e. The molecule has 0 heterocycles. The highest BCUT2D eigenvalue weighted by molar-refractivity contribution is 7.89. The second kappa shape index (κ2) is 10.9. The van der Waals surface area contributed by atoms with E-state index >= 15 is 0 Å². The molecule has 2 aromatic carbocycles. The third-order valence-corrected chi connectivity index (χ3v) is 5.64. The first kappa shape index (κ1) is 23.5. The lowest BCUT2D eigenvalue weighted by Crippen LogP contribution is -2.47. The van der Waals surface area contributed by atoms with E-state index in [4.69, 9.17) is 31.2 Å². The number of ether oxygens (including phenoxy) is 4. The van der Waals surface area contributed by atoms with Crippen molar-refractivity contribution in [3.8, 4) is 23.0 Å². The molecule has 0 amide bonds. The highest BCUT2D eigenvalue weighted by atomic mass is 32.2. The summed E-state index contributed by atoms with van der Waals surface area (Å²) in [6.07, 6.45) is 0.582. The Morgan fingerprint density at radius 1 is 0.900 bits per heavy atom. The maximum atomic E-state index is 12.6. The smallest absolute Gasteiger partial charge is 0.261 e. The van der Waals surface area contributed by atoms with Gasteiger partial charge in [-0.15, -0.1) is 4.83 Å². The summed E-state index contributed by atoms with van der Waals surface area (Å²) in [6, 6.07) is 9.96. The van der Waals surface area contributed by atoms with Crippen LogP contribution >= 0.6 is 12.2 Å². The van der Waals surface area contributed by atoms with E-state index in [2.05, 4.69) is 15.6 Å². The lowest BCUT2D eigenvalue weighted by molar-refractivity contribution is 0.392. The maximum absolute atomic E-state index is 12.6. The molecule has 11 heteroatoms. The highest BCUT2D eigenvalue weighted by Gasteiger charge is 2.20. The van der Waals surface area contributed by atoms with E-state index in [1.165, 1.54) is 26.4 Å². The average molecular weight is 456 g/mol. The van der Waals surface area contributed by atoms with Gasteiger partial charge >= 0.3 is 0 Å². The van der Waals surface area contributed by atoms with Crippen LogP contribution in [0.2, 0.25) is 0 Å². The summed E-state index contributed by atoms with van der Waals surface area (Å²) in [5.41, 5.74) is 3.40. The molecule has 0 aliphatic heterocycles. The van der Waals surface area contributed by atoms with E-state index in [0.29, 0.717) is 24.5 Å². The quantitative estimate of drug-likeness (QED) is 0.364. The molecule has 0 aliphatic carbocycles. The Hall–Kier alpha value is -2.76. The third-order valence-electron chi connectivity index (χ3n) is 4.13. The summed E-state index contributed by atoms with van der Waals surface area (Å²) in [6.45, 7) is 0.444. The predicted molar refractivity (Wildman–Crippen MR) is 117 cm³/mol. The van der Waals surface area contributed by atoms with Crippen LogP contribution in [0.25, 0.3) is 0 Å². The van der Waals surface area contributed by atoms with Crippen molar-refractivity contribution < 1.29 is 27.4 Å². The zero-order valence-electron chi connectivity index (χ0n) is 17.1. The van der Waals surface area contributed by atoms with Crippen molar-refractivity contribution in [3.63, 3.8) is 0 Å². The monoisotopic (exact) mass is 455 g/mol. The normalized spacial score (nSPS) is 10.8. The second-order valence-corrected chi connectivity index (χ2v) is 7.99. The number of benzene rings is 2. The van der Waals surface area contributed by atoms with Gasteiger partial charge in [0.05, 0.1) is 28.4 Å². The molecule has 2 rings (SSSR count). The standard InChI is InChI=1S/C19H25N3O6S2/c1-25-14-5-7-16(27-3)13(11-14)9-10-20-19(29)21-22-30(23,24)18-12-15(26-2)6-8-17(18)28-4/h5-8,11-12,22H,9-10H2,1-4H3,(H2,20,21,29). The summed E-state index contributed by atoms with van der Waals surface area (Å²) in [5.74, 6) is 1.99. The molecule has 0 saturated heterocycles. The van der Waals surface area contributed by atoms with Gasteiger partial charge in [0.15, 0.2) is 5.11 Å². The number of nitrogens with one attached hydrogen (secondary N) is 3. The molecule has 164 valence electrons. The van der Waals surface area contributed by atoms with Gasteiger partial charge in [0.1, 0.15) is 27.9 Å². The average Bonchev–Trinajstić information content (AvgIpc) is 2.77. The number of methoxy groups -OCH3 is 4. The predicted octanol–water partition coefficient (Wildman–Crippen LogP) is 1.62. The minimum Gasteiger partial charge on any atom is -0.497 e.